The molecule has 180 valence electrons. The van der Waals surface area contributed by atoms with E-state index in [1.807, 2.05) is 61.8 Å². The molecule has 0 aliphatic carbocycles. The Morgan fingerprint density at radius 1 is 1.00 bits per heavy atom. The van der Waals surface area contributed by atoms with E-state index in [9.17, 15) is 14.4 Å². The molecular formula is C27H23N5O4. The van der Waals surface area contributed by atoms with Crippen LogP contribution < -0.4 is 15.4 Å². The Balaban J connectivity index is 1.33. The van der Waals surface area contributed by atoms with E-state index in [2.05, 4.69) is 15.7 Å². The molecule has 4 amide bonds. The Morgan fingerprint density at radius 3 is 2.50 bits per heavy atom. The molecule has 2 aliphatic heterocycles. The van der Waals surface area contributed by atoms with Gasteiger partial charge in [-0.25, -0.2) is 4.79 Å². The lowest BCUT2D eigenvalue weighted by atomic mass is 9.88. The molecule has 36 heavy (non-hydrogen) atoms. The number of urea groups is 1. The van der Waals surface area contributed by atoms with Crippen molar-refractivity contribution >= 4 is 28.7 Å². The van der Waals surface area contributed by atoms with E-state index >= 15 is 0 Å². The standard InChI is InChI=1S/C27H23N5O4/c1-31-13-19-4-3-17(11-23(19)30-31)16-5-8-20(9-6-16)27(25(34)28-26(35)29-27)15-32-14-18-7-10-21(36-2)12-22(18)24(32)33/h3-13H,14-15H2,1-2H3,(H2,28,29,34,35)/t27-/m0/s1. The molecule has 0 spiro atoms. The number of rotatable bonds is 5. The van der Waals surface area contributed by atoms with Gasteiger partial charge < -0.3 is 15.0 Å². The SMILES string of the molecule is COc1ccc2c(c1)C(=O)N(C[C@@]1(c3ccc(-c4ccc5cn(C)nc5c4)cc3)NC(=O)NC1=O)C2. The van der Waals surface area contributed by atoms with E-state index in [0.717, 1.165) is 27.6 Å². The zero-order valence-corrected chi connectivity index (χ0v) is 19.7. The molecule has 3 heterocycles. The van der Waals surface area contributed by atoms with Crippen molar-refractivity contribution in [3.05, 3.63) is 83.6 Å². The van der Waals surface area contributed by atoms with E-state index in [0.29, 0.717) is 23.4 Å². The van der Waals surface area contributed by atoms with Gasteiger partial charge in [-0.05, 0) is 40.5 Å². The average molecular weight is 482 g/mol. The maximum Gasteiger partial charge on any atom is 0.322 e. The summed E-state index contributed by atoms with van der Waals surface area (Å²) in [7, 11) is 3.43. The van der Waals surface area contributed by atoms with Crippen molar-refractivity contribution < 1.29 is 19.1 Å². The molecule has 0 saturated carbocycles. The molecule has 4 aromatic rings. The van der Waals surface area contributed by atoms with Gasteiger partial charge in [0.1, 0.15) is 5.75 Å². The van der Waals surface area contributed by atoms with Crippen LogP contribution in [0.25, 0.3) is 22.0 Å². The van der Waals surface area contributed by atoms with Crippen LogP contribution in [0.3, 0.4) is 0 Å². The molecule has 9 heteroatoms. The van der Waals surface area contributed by atoms with Gasteiger partial charge >= 0.3 is 6.03 Å². The van der Waals surface area contributed by atoms with Crippen LogP contribution in [0.15, 0.2) is 66.9 Å². The topological polar surface area (TPSA) is 106 Å². The Bertz CT molecular complexity index is 1560. The highest BCUT2D eigenvalue weighted by molar-refractivity contribution is 6.08. The maximum atomic E-state index is 13.2. The van der Waals surface area contributed by atoms with Crippen LogP contribution in [0, 0.1) is 0 Å². The molecule has 2 aliphatic rings. The van der Waals surface area contributed by atoms with Crippen LogP contribution in [-0.2, 0) is 23.9 Å². The normalized spacial score (nSPS) is 18.9. The van der Waals surface area contributed by atoms with E-state index < -0.39 is 17.5 Å². The fourth-order valence-electron chi connectivity index (χ4n) is 5.05. The van der Waals surface area contributed by atoms with Gasteiger partial charge in [0.2, 0.25) is 0 Å². The minimum absolute atomic E-state index is 0.000354. The Hall–Kier alpha value is -4.66. The van der Waals surface area contributed by atoms with E-state index in [4.69, 9.17) is 4.74 Å². The second-order valence-electron chi connectivity index (χ2n) is 9.15. The van der Waals surface area contributed by atoms with Gasteiger partial charge in [-0.15, -0.1) is 0 Å². The highest BCUT2D eigenvalue weighted by Crippen LogP contribution is 2.33. The first kappa shape index (κ1) is 21.8. The molecule has 1 aromatic heterocycles. The third kappa shape index (κ3) is 3.39. The first-order valence-corrected chi connectivity index (χ1v) is 11.5. The Morgan fingerprint density at radius 2 is 1.78 bits per heavy atom. The van der Waals surface area contributed by atoms with E-state index in [-0.39, 0.29) is 12.5 Å². The number of imide groups is 1. The first-order valence-electron chi connectivity index (χ1n) is 11.5. The molecule has 1 saturated heterocycles. The van der Waals surface area contributed by atoms with Crippen molar-refractivity contribution in [2.24, 2.45) is 7.05 Å². The number of aryl methyl sites for hydroxylation is 1. The van der Waals surface area contributed by atoms with Crippen molar-refractivity contribution in [3.8, 4) is 16.9 Å². The quantitative estimate of drug-likeness (QED) is 0.427. The summed E-state index contributed by atoms with van der Waals surface area (Å²) in [5.41, 5.74) is 3.40. The largest absolute Gasteiger partial charge is 0.497 e. The fraction of sp³-hybridized carbons (Fsp3) is 0.185. The second kappa shape index (κ2) is 7.94. The number of carbonyl (C=O) groups is 3. The molecule has 3 aromatic carbocycles. The van der Waals surface area contributed by atoms with Crippen molar-refractivity contribution in [2.45, 2.75) is 12.1 Å². The number of amides is 4. The van der Waals surface area contributed by atoms with Crippen LogP contribution >= 0.6 is 0 Å². The summed E-state index contributed by atoms with van der Waals surface area (Å²) in [6.45, 7) is 0.338. The van der Waals surface area contributed by atoms with Crippen molar-refractivity contribution in [1.82, 2.24) is 25.3 Å². The maximum absolute atomic E-state index is 13.2. The van der Waals surface area contributed by atoms with Crippen LogP contribution in [0.1, 0.15) is 21.5 Å². The van der Waals surface area contributed by atoms with Crippen LogP contribution in [-0.4, -0.2) is 46.2 Å². The molecule has 9 nitrogen and oxygen atoms in total. The zero-order valence-electron chi connectivity index (χ0n) is 19.7. The number of hydrogen-bond donors (Lipinski definition) is 2. The minimum atomic E-state index is -1.40. The van der Waals surface area contributed by atoms with Gasteiger partial charge in [-0.1, -0.05) is 42.5 Å². The summed E-state index contributed by atoms with van der Waals surface area (Å²) < 4.78 is 7.03. The summed E-state index contributed by atoms with van der Waals surface area (Å²) >= 11 is 0. The minimum Gasteiger partial charge on any atom is -0.497 e. The number of fused-ring (bicyclic) bond motifs is 2. The van der Waals surface area contributed by atoms with Gasteiger partial charge in [0.15, 0.2) is 5.54 Å². The predicted octanol–water partition coefficient (Wildman–Crippen LogP) is 2.94. The molecule has 6 rings (SSSR count). The fourth-order valence-corrected chi connectivity index (χ4v) is 5.05. The van der Waals surface area contributed by atoms with Gasteiger partial charge in [0.05, 0.1) is 19.2 Å². The summed E-state index contributed by atoms with van der Waals surface area (Å²) in [5, 5.41) is 10.7. The number of methoxy groups -OCH3 is 1. The average Bonchev–Trinajstić information content (AvgIpc) is 3.50. The summed E-state index contributed by atoms with van der Waals surface area (Å²) in [6.07, 6.45) is 1.96. The number of ether oxygens (including phenoxy) is 1. The Kier molecular flexibility index (Phi) is 4.82. The molecule has 2 N–H and O–H groups in total. The lowest BCUT2D eigenvalue weighted by Gasteiger charge is -2.31. The summed E-state index contributed by atoms with van der Waals surface area (Å²) in [5.74, 6) is -0.112. The smallest absolute Gasteiger partial charge is 0.322 e. The molecule has 1 fully saturated rings. The van der Waals surface area contributed by atoms with Crippen LogP contribution in [0.4, 0.5) is 4.79 Å². The molecule has 0 radical (unpaired) electrons. The third-order valence-electron chi connectivity index (χ3n) is 6.90. The summed E-state index contributed by atoms with van der Waals surface area (Å²) in [6, 6.07) is 18.3. The second-order valence-corrected chi connectivity index (χ2v) is 9.15. The summed E-state index contributed by atoms with van der Waals surface area (Å²) in [4.78, 5) is 40.1. The highest BCUT2D eigenvalue weighted by atomic mass is 16.5. The van der Waals surface area contributed by atoms with Crippen molar-refractivity contribution in [2.75, 3.05) is 13.7 Å². The lowest BCUT2D eigenvalue weighted by molar-refractivity contribution is -0.124. The van der Waals surface area contributed by atoms with E-state index in [1.165, 1.54) is 0 Å². The lowest BCUT2D eigenvalue weighted by Crippen LogP contribution is -2.52. The highest BCUT2D eigenvalue weighted by Gasteiger charge is 2.50. The molecule has 0 unspecified atom stereocenters. The third-order valence-corrected chi connectivity index (χ3v) is 6.90. The number of hydrogen-bond acceptors (Lipinski definition) is 5. The number of aromatic nitrogens is 2. The number of nitrogens with one attached hydrogen (secondary N) is 2. The Labute approximate surface area is 206 Å². The van der Waals surface area contributed by atoms with E-state index in [1.54, 1.807) is 28.8 Å². The monoisotopic (exact) mass is 481 g/mol. The zero-order chi connectivity index (χ0) is 25.0. The number of nitrogens with zero attached hydrogens (tertiary/aromatic N) is 3. The van der Waals surface area contributed by atoms with Gasteiger partial charge in [0.25, 0.3) is 11.8 Å². The number of benzene rings is 3. The van der Waals surface area contributed by atoms with Gasteiger partial charge in [-0.3, -0.25) is 19.6 Å². The van der Waals surface area contributed by atoms with Crippen molar-refractivity contribution in [1.29, 1.82) is 0 Å². The number of carbonyl (C=O) groups excluding carboxylic acids is 3. The van der Waals surface area contributed by atoms with Crippen LogP contribution in [0.2, 0.25) is 0 Å². The van der Waals surface area contributed by atoms with Gasteiger partial charge in [0, 0.05) is 30.7 Å². The van der Waals surface area contributed by atoms with Crippen molar-refractivity contribution in [3.63, 3.8) is 0 Å². The van der Waals surface area contributed by atoms with Crippen LogP contribution in [0.5, 0.6) is 5.75 Å². The molecule has 0 bridgehead atoms. The first-order chi connectivity index (χ1) is 17.4. The molecule has 1 atom stereocenters. The van der Waals surface area contributed by atoms with Gasteiger partial charge in [-0.2, -0.15) is 5.10 Å². The predicted molar refractivity (Wildman–Crippen MR) is 132 cm³/mol. The molecular weight excluding hydrogens is 458 g/mol.